The fraction of sp³-hybridized carbons (Fsp3) is 0.867. The zero-order chi connectivity index (χ0) is 14.7. The first-order valence-electron chi connectivity index (χ1n) is 7.81. The van der Waals surface area contributed by atoms with Crippen LogP contribution in [0, 0.1) is 5.92 Å². The van der Waals surface area contributed by atoms with Gasteiger partial charge in [0.05, 0.1) is 12.5 Å². The van der Waals surface area contributed by atoms with E-state index >= 15 is 0 Å². The largest absolute Gasteiger partial charge is 0.303 e. The van der Waals surface area contributed by atoms with E-state index < -0.39 is 0 Å². The first kappa shape index (κ1) is 15.4. The van der Waals surface area contributed by atoms with Crippen molar-refractivity contribution in [1.82, 2.24) is 15.1 Å². The van der Waals surface area contributed by atoms with Crippen LogP contribution in [0.4, 0.5) is 0 Å². The van der Waals surface area contributed by atoms with Crippen molar-refractivity contribution in [3.63, 3.8) is 0 Å². The van der Waals surface area contributed by atoms with Gasteiger partial charge in [-0.1, -0.05) is 6.92 Å². The lowest BCUT2D eigenvalue weighted by molar-refractivity contribution is -0.137. The van der Waals surface area contributed by atoms with E-state index in [0.717, 1.165) is 13.1 Å². The fourth-order valence-corrected chi connectivity index (χ4v) is 3.36. The predicted octanol–water partition coefficient (Wildman–Crippen LogP) is 0.844. The minimum Gasteiger partial charge on any atom is -0.303 e. The number of piperidine rings is 1. The number of carbonyl (C=O) groups is 2. The molecule has 2 saturated heterocycles. The molecule has 0 radical (unpaired) electrons. The summed E-state index contributed by atoms with van der Waals surface area (Å²) in [5.41, 5.74) is 0. The third-order valence-corrected chi connectivity index (χ3v) is 4.63. The van der Waals surface area contributed by atoms with Crippen molar-refractivity contribution < 1.29 is 9.59 Å². The molecule has 0 saturated carbocycles. The molecule has 2 fully saturated rings. The van der Waals surface area contributed by atoms with E-state index in [1.165, 1.54) is 30.7 Å². The standard InChI is InChI=1S/C15H27N3O2/c1-4-7-18-8-5-6-12(10-18)11(2)16-13-9-14(19)17(3)15(13)20/h11-13,16H,4-10H2,1-3H3. The summed E-state index contributed by atoms with van der Waals surface area (Å²) in [5, 5.41) is 3.38. The van der Waals surface area contributed by atoms with Crippen molar-refractivity contribution in [3.8, 4) is 0 Å². The van der Waals surface area contributed by atoms with Gasteiger partial charge >= 0.3 is 0 Å². The van der Waals surface area contributed by atoms with Crippen molar-refractivity contribution >= 4 is 11.8 Å². The summed E-state index contributed by atoms with van der Waals surface area (Å²) in [6.45, 7) is 7.82. The lowest BCUT2D eigenvalue weighted by atomic mass is 9.91. The Morgan fingerprint density at radius 3 is 2.75 bits per heavy atom. The smallest absolute Gasteiger partial charge is 0.246 e. The molecule has 3 atom stereocenters. The molecule has 2 heterocycles. The van der Waals surface area contributed by atoms with Crippen molar-refractivity contribution in [2.45, 2.75) is 51.6 Å². The molecule has 0 aliphatic carbocycles. The molecule has 1 N–H and O–H groups in total. The molecule has 20 heavy (non-hydrogen) atoms. The molecule has 2 aliphatic heterocycles. The minimum absolute atomic E-state index is 0.0732. The summed E-state index contributed by atoms with van der Waals surface area (Å²) in [7, 11) is 1.57. The van der Waals surface area contributed by atoms with Crippen LogP contribution in [-0.4, -0.2) is 60.4 Å². The highest BCUT2D eigenvalue weighted by molar-refractivity contribution is 6.05. The van der Waals surface area contributed by atoms with Crippen LogP contribution in [0.1, 0.15) is 39.5 Å². The van der Waals surface area contributed by atoms with Gasteiger partial charge in [-0.15, -0.1) is 0 Å². The molecular formula is C15H27N3O2. The van der Waals surface area contributed by atoms with E-state index in [1.54, 1.807) is 7.05 Å². The highest BCUT2D eigenvalue weighted by Crippen LogP contribution is 2.21. The Labute approximate surface area is 121 Å². The van der Waals surface area contributed by atoms with Gasteiger partial charge in [0.2, 0.25) is 11.8 Å². The number of nitrogens with zero attached hydrogens (tertiary/aromatic N) is 2. The second-order valence-electron chi connectivity index (χ2n) is 6.21. The molecule has 5 nitrogen and oxygen atoms in total. The first-order valence-corrected chi connectivity index (χ1v) is 7.81. The zero-order valence-electron chi connectivity index (χ0n) is 12.9. The summed E-state index contributed by atoms with van der Waals surface area (Å²) in [5.74, 6) is 0.420. The Kier molecular flexibility index (Phi) is 5.16. The Hall–Kier alpha value is -0.940. The number of imide groups is 1. The molecule has 0 bridgehead atoms. The SMILES string of the molecule is CCCN1CCCC(C(C)NC2CC(=O)N(C)C2=O)C1. The van der Waals surface area contributed by atoms with Gasteiger partial charge in [0.1, 0.15) is 0 Å². The van der Waals surface area contributed by atoms with E-state index in [2.05, 4.69) is 24.1 Å². The predicted molar refractivity (Wildman–Crippen MR) is 78.2 cm³/mol. The van der Waals surface area contributed by atoms with Crippen molar-refractivity contribution in [3.05, 3.63) is 0 Å². The number of likely N-dealkylation sites (tertiary alicyclic amines) is 2. The summed E-state index contributed by atoms with van der Waals surface area (Å²) < 4.78 is 0. The molecule has 2 rings (SSSR count). The normalized spacial score (nSPS) is 30.1. The zero-order valence-corrected chi connectivity index (χ0v) is 12.9. The highest BCUT2D eigenvalue weighted by Gasteiger charge is 2.37. The quantitative estimate of drug-likeness (QED) is 0.759. The Bertz CT molecular complexity index is 370. The van der Waals surface area contributed by atoms with Crippen LogP contribution in [0.25, 0.3) is 0 Å². The summed E-state index contributed by atoms with van der Waals surface area (Å²) in [4.78, 5) is 27.2. The van der Waals surface area contributed by atoms with Gasteiger partial charge in [-0.05, 0) is 45.2 Å². The molecule has 5 heteroatoms. The van der Waals surface area contributed by atoms with Gasteiger partial charge in [0, 0.05) is 19.6 Å². The number of likely N-dealkylation sites (N-methyl/N-ethyl adjacent to an activating group) is 1. The molecule has 0 aromatic heterocycles. The van der Waals surface area contributed by atoms with Crippen LogP contribution in [0.5, 0.6) is 0 Å². The third-order valence-electron chi connectivity index (χ3n) is 4.63. The lowest BCUT2D eigenvalue weighted by Gasteiger charge is -2.36. The van der Waals surface area contributed by atoms with Crippen LogP contribution in [-0.2, 0) is 9.59 Å². The molecule has 0 aromatic rings. The van der Waals surface area contributed by atoms with Crippen molar-refractivity contribution in [2.24, 2.45) is 5.92 Å². The number of amides is 2. The average molecular weight is 281 g/mol. The Morgan fingerprint density at radius 2 is 2.15 bits per heavy atom. The average Bonchev–Trinajstić information content (AvgIpc) is 2.67. The van der Waals surface area contributed by atoms with Crippen molar-refractivity contribution in [1.29, 1.82) is 0 Å². The van der Waals surface area contributed by atoms with Gasteiger partial charge in [-0.3, -0.25) is 14.5 Å². The van der Waals surface area contributed by atoms with E-state index in [0.29, 0.717) is 12.3 Å². The van der Waals surface area contributed by atoms with Crippen LogP contribution in [0.15, 0.2) is 0 Å². The number of rotatable bonds is 5. The lowest BCUT2D eigenvalue weighted by Crippen LogP contribution is -2.49. The van der Waals surface area contributed by atoms with E-state index in [1.807, 2.05) is 0 Å². The van der Waals surface area contributed by atoms with Gasteiger partial charge in [-0.25, -0.2) is 0 Å². The van der Waals surface area contributed by atoms with E-state index in [9.17, 15) is 9.59 Å². The second-order valence-corrected chi connectivity index (χ2v) is 6.21. The summed E-state index contributed by atoms with van der Waals surface area (Å²) in [6, 6.07) is -0.0352. The molecule has 0 spiro atoms. The molecule has 2 aliphatic rings. The monoisotopic (exact) mass is 281 g/mol. The highest BCUT2D eigenvalue weighted by atomic mass is 16.2. The van der Waals surface area contributed by atoms with Gasteiger partial charge in [0.25, 0.3) is 0 Å². The molecule has 3 unspecified atom stereocenters. The fourth-order valence-electron chi connectivity index (χ4n) is 3.36. The second kappa shape index (κ2) is 6.68. The first-order chi connectivity index (χ1) is 9.52. The molecular weight excluding hydrogens is 254 g/mol. The van der Waals surface area contributed by atoms with Crippen LogP contribution in [0.3, 0.4) is 0 Å². The maximum atomic E-state index is 11.9. The van der Waals surface area contributed by atoms with E-state index in [4.69, 9.17) is 0 Å². The van der Waals surface area contributed by atoms with Gasteiger partial charge < -0.3 is 10.2 Å². The van der Waals surface area contributed by atoms with Crippen molar-refractivity contribution in [2.75, 3.05) is 26.7 Å². The van der Waals surface area contributed by atoms with Gasteiger partial charge in [-0.2, -0.15) is 0 Å². The number of hydrogen-bond acceptors (Lipinski definition) is 4. The van der Waals surface area contributed by atoms with Gasteiger partial charge in [0.15, 0.2) is 0 Å². The van der Waals surface area contributed by atoms with E-state index in [-0.39, 0.29) is 23.9 Å². The number of hydrogen-bond donors (Lipinski definition) is 1. The van der Waals surface area contributed by atoms with Crippen LogP contribution < -0.4 is 5.32 Å². The van der Waals surface area contributed by atoms with Crippen LogP contribution >= 0.6 is 0 Å². The Morgan fingerprint density at radius 1 is 1.40 bits per heavy atom. The molecule has 2 amide bonds. The maximum Gasteiger partial charge on any atom is 0.246 e. The number of nitrogens with one attached hydrogen (secondary N) is 1. The topological polar surface area (TPSA) is 52.7 Å². The minimum atomic E-state index is -0.316. The molecule has 114 valence electrons. The van der Waals surface area contributed by atoms with Crippen LogP contribution in [0.2, 0.25) is 0 Å². The summed E-state index contributed by atoms with van der Waals surface area (Å²) in [6.07, 6.45) is 3.94. The Balaban J connectivity index is 1.87. The summed E-state index contributed by atoms with van der Waals surface area (Å²) >= 11 is 0. The molecule has 0 aromatic carbocycles. The number of carbonyl (C=O) groups excluding carboxylic acids is 2. The maximum absolute atomic E-state index is 11.9. The third kappa shape index (κ3) is 3.38.